The van der Waals surface area contributed by atoms with Crippen molar-refractivity contribution in [3.63, 3.8) is 0 Å². The molecule has 0 aliphatic rings. The van der Waals surface area contributed by atoms with E-state index in [9.17, 15) is 4.79 Å². The highest BCUT2D eigenvalue weighted by Crippen LogP contribution is 2.06. The summed E-state index contributed by atoms with van der Waals surface area (Å²) in [4.78, 5) is 14.7. The van der Waals surface area contributed by atoms with E-state index in [-0.39, 0.29) is 6.42 Å². The third-order valence-corrected chi connectivity index (χ3v) is 2.05. The lowest BCUT2D eigenvalue weighted by atomic mass is 10.1. The standard InChI is InChI=1S/C10H16N4O2/c11-3-4-13-9-2-1-7(6-14-9)5-8(12)10(15)16/h1-2,6,8H,3-5,11-12H2,(H,13,14)(H,15,16). The number of nitrogens with one attached hydrogen (secondary N) is 1. The minimum absolute atomic E-state index is 0.277. The van der Waals surface area contributed by atoms with Crippen LogP contribution >= 0.6 is 0 Å². The second-order valence-electron chi connectivity index (χ2n) is 3.42. The zero-order chi connectivity index (χ0) is 12.0. The molecule has 1 rings (SSSR count). The Bertz CT molecular complexity index is 339. The molecule has 1 heterocycles. The van der Waals surface area contributed by atoms with E-state index in [0.717, 1.165) is 11.4 Å². The summed E-state index contributed by atoms with van der Waals surface area (Å²) in [5, 5.41) is 11.7. The second-order valence-corrected chi connectivity index (χ2v) is 3.42. The molecule has 1 unspecified atom stereocenters. The number of rotatable bonds is 6. The van der Waals surface area contributed by atoms with Gasteiger partial charge in [0.15, 0.2) is 0 Å². The van der Waals surface area contributed by atoms with Crippen molar-refractivity contribution in [3.8, 4) is 0 Å². The number of carbonyl (C=O) groups is 1. The zero-order valence-corrected chi connectivity index (χ0v) is 8.89. The van der Waals surface area contributed by atoms with Crippen molar-refractivity contribution >= 4 is 11.8 Å². The lowest BCUT2D eigenvalue weighted by Crippen LogP contribution is -2.32. The van der Waals surface area contributed by atoms with Crippen LogP contribution in [0.2, 0.25) is 0 Å². The molecule has 0 saturated heterocycles. The van der Waals surface area contributed by atoms with E-state index in [2.05, 4.69) is 10.3 Å². The third-order valence-electron chi connectivity index (χ3n) is 2.05. The first-order valence-electron chi connectivity index (χ1n) is 5.00. The molecule has 1 aromatic rings. The molecule has 6 N–H and O–H groups in total. The highest BCUT2D eigenvalue weighted by molar-refractivity contribution is 5.73. The first-order valence-corrected chi connectivity index (χ1v) is 5.00. The van der Waals surface area contributed by atoms with Gasteiger partial charge >= 0.3 is 5.97 Å². The van der Waals surface area contributed by atoms with E-state index in [1.54, 1.807) is 18.3 Å². The molecule has 1 atom stereocenters. The van der Waals surface area contributed by atoms with Crippen molar-refractivity contribution in [2.45, 2.75) is 12.5 Å². The Balaban J connectivity index is 2.54. The molecule has 0 aliphatic carbocycles. The van der Waals surface area contributed by atoms with E-state index < -0.39 is 12.0 Å². The maximum Gasteiger partial charge on any atom is 0.320 e. The van der Waals surface area contributed by atoms with Crippen LogP contribution in [0.4, 0.5) is 5.82 Å². The summed E-state index contributed by atoms with van der Waals surface area (Å²) in [6.45, 7) is 1.19. The van der Waals surface area contributed by atoms with Gasteiger partial charge in [0.1, 0.15) is 11.9 Å². The Morgan fingerprint density at radius 1 is 1.56 bits per heavy atom. The number of aromatic nitrogens is 1. The van der Waals surface area contributed by atoms with Crippen molar-refractivity contribution in [3.05, 3.63) is 23.9 Å². The fraction of sp³-hybridized carbons (Fsp3) is 0.400. The smallest absolute Gasteiger partial charge is 0.320 e. The predicted molar refractivity (Wildman–Crippen MR) is 61.1 cm³/mol. The summed E-state index contributed by atoms with van der Waals surface area (Å²) in [6, 6.07) is 2.69. The maximum absolute atomic E-state index is 10.5. The molecular formula is C10H16N4O2. The number of hydrogen-bond donors (Lipinski definition) is 4. The zero-order valence-electron chi connectivity index (χ0n) is 8.89. The number of aliphatic carboxylic acids is 1. The van der Waals surface area contributed by atoms with E-state index in [1.165, 1.54) is 0 Å². The number of pyridine rings is 1. The average Bonchev–Trinajstić information content (AvgIpc) is 2.28. The first kappa shape index (κ1) is 12.4. The molecule has 0 bridgehead atoms. The van der Waals surface area contributed by atoms with Crippen LogP contribution in [0.3, 0.4) is 0 Å². The van der Waals surface area contributed by atoms with E-state index in [1.807, 2.05) is 0 Å². The largest absolute Gasteiger partial charge is 0.480 e. The summed E-state index contributed by atoms with van der Waals surface area (Å²) < 4.78 is 0. The van der Waals surface area contributed by atoms with Gasteiger partial charge in [-0.05, 0) is 18.1 Å². The Hall–Kier alpha value is -1.66. The fourth-order valence-corrected chi connectivity index (χ4v) is 1.19. The van der Waals surface area contributed by atoms with Crippen molar-refractivity contribution in [2.24, 2.45) is 11.5 Å². The molecule has 6 heteroatoms. The summed E-state index contributed by atoms with van der Waals surface area (Å²) in [5.41, 5.74) is 11.5. The first-order chi connectivity index (χ1) is 7.63. The van der Waals surface area contributed by atoms with Gasteiger partial charge in [-0.15, -0.1) is 0 Å². The molecular weight excluding hydrogens is 208 g/mol. The van der Waals surface area contributed by atoms with Crippen LogP contribution in [0.5, 0.6) is 0 Å². The van der Waals surface area contributed by atoms with Gasteiger partial charge in [-0.1, -0.05) is 6.07 Å². The van der Waals surface area contributed by atoms with E-state index in [0.29, 0.717) is 13.1 Å². The number of nitrogens with zero attached hydrogens (tertiary/aromatic N) is 1. The van der Waals surface area contributed by atoms with Gasteiger partial charge in [0.05, 0.1) is 0 Å². The molecule has 0 saturated carbocycles. The normalized spacial score (nSPS) is 12.1. The summed E-state index contributed by atoms with van der Waals surface area (Å²) in [6.07, 6.45) is 1.89. The van der Waals surface area contributed by atoms with Gasteiger partial charge < -0.3 is 21.9 Å². The van der Waals surface area contributed by atoms with Gasteiger partial charge in [-0.2, -0.15) is 0 Å². The lowest BCUT2D eigenvalue weighted by molar-refractivity contribution is -0.138. The van der Waals surface area contributed by atoms with Crippen molar-refractivity contribution < 1.29 is 9.90 Å². The van der Waals surface area contributed by atoms with Crippen LogP contribution in [0.1, 0.15) is 5.56 Å². The SMILES string of the molecule is NCCNc1ccc(CC(N)C(=O)O)cn1. The quantitative estimate of drug-likeness (QED) is 0.513. The number of nitrogens with two attached hydrogens (primary N) is 2. The minimum atomic E-state index is -1.01. The van der Waals surface area contributed by atoms with Gasteiger partial charge in [-0.25, -0.2) is 4.98 Å². The van der Waals surface area contributed by atoms with Crippen molar-refractivity contribution in [2.75, 3.05) is 18.4 Å². The molecule has 0 radical (unpaired) electrons. The molecule has 1 aromatic heterocycles. The van der Waals surface area contributed by atoms with Crippen LogP contribution in [0, 0.1) is 0 Å². The average molecular weight is 224 g/mol. The number of carboxylic acids is 1. The highest BCUT2D eigenvalue weighted by atomic mass is 16.4. The Morgan fingerprint density at radius 3 is 2.81 bits per heavy atom. The van der Waals surface area contributed by atoms with Gasteiger partial charge in [0.2, 0.25) is 0 Å². The van der Waals surface area contributed by atoms with Crippen molar-refractivity contribution in [1.82, 2.24) is 4.98 Å². The van der Waals surface area contributed by atoms with Crippen LogP contribution in [0.25, 0.3) is 0 Å². The Labute approximate surface area is 93.7 Å². The fourth-order valence-electron chi connectivity index (χ4n) is 1.19. The highest BCUT2D eigenvalue weighted by Gasteiger charge is 2.11. The van der Waals surface area contributed by atoms with Gasteiger partial charge in [0.25, 0.3) is 0 Å². The van der Waals surface area contributed by atoms with Crippen LogP contribution < -0.4 is 16.8 Å². The maximum atomic E-state index is 10.5. The predicted octanol–water partition coefficient (Wildman–Crippen LogP) is -0.593. The molecule has 6 nitrogen and oxygen atoms in total. The molecule has 0 fully saturated rings. The van der Waals surface area contributed by atoms with Crippen LogP contribution in [0.15, 0.2) is 18.3 Å². The third kappa shape index (κ3) is 3.84. The number of hydrogen-bond acceptors (Lipinski definition) is 5. The van der Waals surface area contributed by atoms with Crippen LogP contribution in [-0.2, 0) is 11.2 Å². The molecule has 16 heavy (non-hydrogen) atoms. The molecule has 0 spiro atoms. The van der Waals surface area contributed by atoms with Crippen LogP contribution in [-0.4, -0.2) is 35.2 Å². The monoisotopic (exact) mass is 224 g/mol. The van der Waals surface area contributed by atoms with Crippen molar-refractivity contribution in [1.29, 1.82) is 0 Å². The summed E-state index contributed by atoms with van der Waals surface area (Å²) >= 11 is 0. The number of carboxylic acid groups (broad SMARTS) is 1. The molecule has 0 amide bonds. The Morgan fingerprint density at radius 2 is 2.31 bits per heavy atom. The molecule has 88 valence electrons. The second kappa shape index (κ2) is 6.04. The molecule has 0 aliphatic heterocycles. The van der Waals surface area contributed by atoms with E-state index in [4.69, 9.17) is 16.6 Å². The summed E-state index contributed by atoms with van der Waals surface area (Å²) in [7, 11) is 0. The van der Waals surface area contributed by atoms with Gasteiger partial charge in [0, 0.05) is 19.3 Å². The number of anilines is 1. The Kier molecular flexibility index (Phi) is 4.68. The summed E-state index contributed by atoms with van der Waals surface area (Å²) in [5.74, 6) is -0.288. The topological polar surface area (TPSA) is 114 Å². The molecule has 0 aromatic carbocycles. The van der Waals surface area contributed by atoms with Gasteiger partial charge in [-0.3, -0.25) is 4.79 Å². The van der Waals surface area contributed by atoms with E-state index >= 15 is 0 Å². The minimum Gasteiger partial charge on any atom is -0.480 e. The lowest BCUT2D eigenvalue weighted by Gasteiger charge is -2.07.